The number of imidazole rings is 1. The molecule has 33 heavy (non-hydrogen) atoms. The van der Waals surface area contributed by atoms with Crippen molar-refractivity contribution in [3.63, 3.8) is 0 Å². The Morgan fingerprint density at radius 1 is 1.27 bits per heavy atom. The number of benzene rings is 1. The molecule has 0 spiro atoms. The van der Waals surface area contributed by atoms with E-state index in [4.69, 9.17) is 19.4 Å². The number of hydrogen-bond donors (Lipinski definition) is 2. The smallest absolute Gasteiger partial charge is 0.321 e. The second-order valence-corrected chi connectivity index (χ2v) is 8.76. The van der Waals surface area contributed by atoms with Crippen molar-refractivity contribution >= 4 is 40.5 Å². The highest BCUT2D eigenvalue weighted by molar-refractivity contribution is 7.98. The molecule has 4 rings (SSSR count). The number of nitrogens with zero attached hydrogens (tertiary/aromatic N) is 5. The van der Waals surface area contributed by atoms with E-state index < -0.39 is 0 Å². The predicted molar refractivity (Wildman–Crippen MR) is 129 cm³/mol. The van der Waals surface area contributed by atoms with Gasteiger partial charge in [-0.1, -0.05) is 24.8 Å². The molecule has 1 aliphatic heterocycles. The van der Waals surface area contributed by atoms with Gasteiger partial charge in [0.1, 0.15) is 17.1 Å². The van der Waals surface area contributed by atoms with Crippen molar-refractivity contribution in [3.05, 3.63) is 29.6 Å². The number of carbonyl (C=O) groups excluding carboxylic acids is 1. The fourth-order valence-electron chi connectivity index (χ4n) is 3.46. The van der Waals surface area contributed by atoms with Crippen LogP contribution in [-0.4, -0.2) is 78.4 Å². The monoisotopic (exact) mass is 471 g/mol. The Labute approximate surface area is 197 Å². The number of thioether (sulfide) groups is 1. The lowest BCUT2D eigenvalue weighted by atomic mass is 10.2. The van der Waals surface area contributed by atoms with E-state index in [0.717, 1.165) is 42.2 Å². The molecule has 2 N–H and O–H groups in total. The minimum Gasteiger partial charge on any atom is -0.495 e. The summed E-state index contributed by atoms with van der Waals surface area (Å²) in [5.74, 6) is 3.00. The van der Waals surface area contributed by atoms with Crippen LogP contribution in [-0.2, 0) is 16.9 Å². The summed E-state index contributed by atoms with van der Waals surface area (Å²) >= 11 is 1.53. The first-order valence-electron chi connectivity index (χ1n) is 10.9. The molecule has 0 radical (unpaired) electrons. The number of aromatic nitrogens is 4. The number of carbonyl (C=O) groups is 1. The molecule has 2 amide bonds. The van der Waals surface area contributed by atoms with Crippen molar-refractivity contribution in [1.29, 1.82) is 0 Å². The highest BCUT2D eigenvalue weighted by Crippen LogP contribution is 2.31. The highest BCUT2D eigenvalue weighted by atomic mass is 32.2. The number of amides is 2. The molecule has 10 nitrogen and oxygen atoms in total. The van der Waals surface area contributed by atoms with Crippen molar-refractivity contribution in [2.24, 2.45) is 0 Å². The van der Waals surface area contributed by atoms with Crippen LogP contribution in [0.5, 0.6) is 5.75 Å². The van der Waals surface area contributed by atoms with Gasteiger partial charge in [-0.2, -0.15) is 0 Å². The summed E-state index contributed by atoms with van der Waals surface area (Å²) < 4.78 is 10.9. The first-order valence-corrected chi connectivity index (χ1v) is 11.8. The number of anilines is 2. The predicted octanol–water partition coefficient (Wildman–Crippen LogP) is 3.15. The number of rotatable bonds is 7. The van der Waals surface area contributed by atoms with Gasteiger partial charge in [0.25, 0.3) is 0 Å². The van der Waals surface area contributed by atoms with E-state index >= 15 is 0 Å². The molecule has 3 aromatic rings. The lowest BCUT2D eigenvalue weighted by molar-refractivity contribution is 0.122. The Kier molecular flexibility index (Phi) is 7.19. The van der Waals surface area contributed by atoms with Gasteiger partial charge in [-0.15, -0.1) is 0 Å². The molecule has 2 aromatic heterocycles. The Hall–Kier alpha value is -3.05. The normalized spacial score (nSPS) is 13.9. The van der Waals surface area contributed by atoms with Gasteiger partial charge in [0, 0.05) is 39.4 Å². The standard InChI is InChI=1S/C22H29N7O3S/c1-5-17-24-18-19(25-17)26-21(27-20(18)29-8-10-32-11-9-29)33-13-14-6-7-16(31-4)15(12-14)23-22(30)28(2)3/h6-7,12H,5,8-11,13H2,1-4H3,(H,23,30)(H,24,25,26,27). The van der Waals surface area contributed by atoms with E-state index in [0.29, 0.717) is 41.2 Å². The van der Waals surface area contributed by atoms with Gasteiger partial charge >= 0.3 is 6.03 Å². The topological polar surface area (TPSA) is 108 Å². The minimum atomic E-state index is -0.215. The fourth-order valence-corrected chi connectivity index (χ4v) is 4.24. The van der Waals surface area contributed by atoms with Crippen LogP contribution in [0.3, 0.4) is 0 Å². The van der Waals surface area contributed by atoms with Gasteiger partial charge in [-0.25, -0.2) is 19.7 Å². The van der Waals surface area contributed by atoms with Crippen molar-refractivity contribution in [3.8, 4) is 5.75 Å². The molecule has 176 valence electrons. The Bertz CT molecular complexity index is 1130. The molecule has 0 unspecified atom stereocenters. The molecule has 0 bridgehead atoms. The van der Waals surface area contributed by atoms with E-state index in [-0.39, 0.29) is 6.03 Å². The first-order chi connectivity index (χ1) is 16.0. The zero-order chi connectivity index (χ0) is 23.4. The van der Waals surface area contributed by atoms with E-state index in [1.54, 1.807) is 21.2 Å². The Morgan fingerprint density at radius 2 is 2.06 bits per heavy atom. The zero-order valence-corrected chi connectivity index (χ0v) is 20.2. The van der Waals surface area contributed by atoms with Crippen LogP contribution in [0.4, 0.5) is 16.3 Å². The molecule has 1 saturated heterocycles. The molecular weight excluding hydrogens is 442 g/mol. The maximum atomic E-state index is 12.1. The average molecular weight is 472 g/mol. The summed E-state index contributed by atoms with van der Waals surface area (Å²) in [5, 5.41) is 3.53. The lowest BCUT2D eigenvalue weighted by Crippen LogP contribution is -2.37. The second kappa shape index (κ2) is 10.3. The number of hydrogen-bond acceptors (Lipinski definition) is 8. The van der Waals surface area contributed by atoms with Gasteiger partial charge in [0.15, 0.2) is 16.6 Å². The Balaban J connectivity index is 1.58. The molecule has 11 heteroatoms. The molecular formula is C22H29N7O3S. The maximum absolute atomic E-state index is 12.1. The number of morpholine rings is 1. The number of urea groups is 1. The summed E-state index contributed by atoms with van der Waals surface area (Å²) in [5.41, 5.74) is 3.19. The summed E-state index contributed by atoms with van der Waals surface area (Å²) in [6, 6.07) is 5.53. The number of ether oxygens (including phenoxy) is 2. The van der Waals surface area contributed by atoms with Crippen molar-refractivity contribution in [1.82, 2.24) is 24.8 Å². The third-order valence-electron chi connectivity index (χ3n) is 5.29. The SMILES string of the molecule is CCc1nc2nc(SCc3ccc(OC)c(NC(=O)N(C)C)c3)nc(N3CCOCC3)c2[nH]1. The average Bonchev–Trinajstić information content (AvgIpc) is 3.26. The second-order valence-electron chi connectivity index (χ2n) is 7.81. The third-order valence-corrected chi connectivity index (χ3v) is 6.20. The van der Waals surface area contributed by atoms with E-state index in [1.807, 2.05) is 18.2 Å². The number of methoxy groups -OCH3 is 1. The van der Waals surface area contributed by atoms with Crippen LogP contribution in [0.2, 0.25) is 0 Å². The van der Waals surface area contributed by atoms with Crippen LogP contribution in [0.15, 0.2) is 23.4 Å². The van der Waals surface area contributed by atoms with Crippen molar-refractivity contribution in [2.75, 3.05) is 57.7 Å². The van der Waals surface area contributed by atoms with Gasteiger partial charge in [0.2, 0.25) is 0 Å². The summed E-state index contributed by atoms with van der Waals surface area (Å²) in [6.07, 6.45) is 0.800. The number of H-pyrrole nitrogens is 1. The van der Waals surface area contributed by atoms with Gasteiger partial charge in [0.05, 0.1) is 26.0 Å². The number of nitrogens with one attached hydrogen (secondary N) is 2. The molecule has 0 saturated carbocycles. The summed E-state index contributed by atoms with van der Waals surface area (Å²) in [7, 11) is 4.97. The highest BCUT2D eigenvalue weighted by Gasteiger charge is 2.20. The quantitative estimate of drug-likeness (QED) is 0.400. The lowest BCUT2D eigenvalue weighted by Gasteiger charge is -2.28. The molecule has 0 aliphatic carbocycles. The largest absolute Gasteiger partial charge is 0.495 e. The number of fused-ring (bicyclic) bond motifs is 1. The number of aromatic amines is 1. The first kappa shape index (κ1) is 23.1. The van der Waals surface area contributed by atoms with Gasteiger partial charge in [-0.3, -0.25) is 0 Å². The third kappa shape index (κ3) is 5.31. The van der Waals surface area contributed by atoms with Crippen molar-refractivity contribution < 1.29 is 14.3 Å². The Morgan fingerprint density at radius 3 is 2.76 bits per heavy atom. The molecule has 1 aliphatic rings. The van der Waals surface area contributed by atoms with E-state index in [9.17, 15) is 4.79 Å². The van der Waals surface area contributed by atoms with Crippen LogP contribution < -0.4 is 15.0 Å². The van der Waals surface area contributed by atoms with E-state index in [2.05, 4.69) is 27.1 Å². The van der Waals surface area contributed by atoms with Crippen LogP contribution in [0.25, 0.3) is 11.2 Å². The molecule has 1 aromatic carbocycles. The maximum Gasteiger partial charge on any atom is 0.321 e. The fraction of sp³-hybridized carbons (Fsp3) is 0.455. The van der Waals surface area contributed by atoms with Gasteiger partial charge < -0.3 is 29.6 Å². The zero-order valence-electron chi connectivity index (χ0n) is 19.3. The minimum absolute atomic E-state index is 0.215. The van der Waals surface area contributed by atoms with Gasteiger partial charge in [-0.05, 0) is 17.7 Å². The summed E-state index contributed by atoms with van der Waals surface area (Å²) in [6.45, 7) is 4.98. The van der Waals surface area contributed by atoms with Crippen LogP contribution in [0, 0.1) is 0 Å². The molecule has 3 heterocycles. The van der Waals surface area contributed by atoms with Crippen LogP contribution in [0.1, 0.15) is 18.3 Å². The number of aryl methyl sites for hydroxylation is 1. The molecule has 0 atom stereocenters. The van der Waals surface area contributed by atoms with Crippen LogP contribution >= 0.6 is 11.8 Å². The van der Waals surface area contributed by atoms with Crippen molar-refractivity contribution in [2.45, 2.75) is 24.3 Å². The van der Waals surface area contributed by atoms with E-state index in [1.165, 1.54) is 16.7 Å². The molecule has 1 fully saturated rings. The summed E-state index contributed by atoms with van der Waals surface area (Å²) in [4.78, 5) is 33.4.